The van der Waals surface area contributed by atoms with E-state index in [4.69, 9.17) is 9.47 Å². The molecule has 2 rings (SSSR count). The van der Waals surface area contributed by atoms with Crippen molar-refractivity contribution >= 4 is 6.08 Å². The van der Waals surface area contributed by atoms with Crippen molar-refractivity contribution < 1.29 is 9.47 Å². The molecule has 0 aliphatic carbocycles. The molecule has 0 saturated carbocycles. The first-order valence-corrected chi connectivity index (χ1v) is 6.79. The van der Waals surface area contributed by atoms with Gasteiger partial charge in [-0.3, -0.25) is 0 Å². The maximum absolute atomic E-state index is 5.82. The summed E-state index contributed by atoms with van der Waals surface area (Å²) in [5.41, 5.74) is 2.23. The van der Waals surface area contributed by atoms with Crippen LogP contribution in [0.15, 0.2) is 61.2 Å². The van der Waals surface area contributed by atoms with Crippen molar-refractivity contribution in [2.45, 2.75) is 19.6 Å². The molecule has 0 spiro atoms. The van der Waals surface area contributed by atoms with Gasteiger partial charge in [-0.1, -0.05) is 55.1 Å². The first-order chi connectivity index (χ1) is 9.78. The summed E-state index contributed by atoms with van der Waals surface area (Å²) in [6.45, 7) is 6.93. The second-order valence-electron chi connectivity index (χ2n) is 4.71. The van der Waals surface area contributed by atoms with Gasteiger partial charge in [0.05, 0.1) is 13.2 Å². The highest BCUT2D eigenvalue weighted by atomic mass is 16.5. The maximum Gasteiger partial charge on any atom is 0.120 e. The van der Waals surface area contributed by atoms with E-state index in [1.54, 1.807) is 0 Å². The molecular formula is C18H20O2. The lowest BCUT2D eigenvalue weighted by Gasteiger charge is -2.15. The molecule has 0 bridgehead atoms. The second kappa shape index (κ2) is 7.51. The molecule has 0 amide bonds. The van der Waals surface area contributed by atoms with E-state index < -0.39 is 0 Å². The van der Waals surface area contributed by atoms with Gasteiger partial charge in [0.2, 0.25) is 0 Å². The predicted octanol–water partition coefficient (Wildman–Crippen LogP) is 4.31. The normalized spacial score (nSPS) is 11.8. The molecule has 2 nitrogen and oxygen atoms in total. The summed E-state index contributed by atoms with van der Waals surface area (Å²) in [6, 6.07) is 18.0. The van der Waals surface area contributed by atoms with Crippen LogP contribution in [0.25, 0.3) is 6.08 Å². The molecule has 0 aliphatic heterocycles. The van der Waals surface area contributed by atoms with Crippen LogP contribution in [0.1, 0.15) is 18.1 Å². The Morgan fingerprint density at radius 1 is 1.10 bits per heavy atom. The van der Waals surface area contributed by atoms with Crippen molar-refractivity contribution in [1.82, 2.24) is 0 Å². The topological polar surface area (TPSA) is 18.5 Å². The Balaban J connectivity index is 1.77. The largest absolute Gasteiger partial charge is 0.488 e. The number of benzene rings is 2. The second-order valence-corrected chi connectivity index (χ2v) is 4.71. The average molecular weight is 268 g/mol. The maximum atomic E-state index is 5.82. The number of hydrogen-bond acceptors (Lipinski definition) is 2. The van der Waals surface area contributed by atoms with Gasteiger partial charge in [-0.05, 0) is 30.2 Å². The summed E-state index contributed by atoms with van der Waals surface area (Å²) in [5.74, 6) is 0.846. The third kappa shape index (κ3) is 4.56. The highest BCUT2D eigenvalue weighted by molar-refractivity contribution is 5.49. The average Bonchev–Trinajstić information content (AvgIpc) is 2.48. The van der Waals surface area contributed by atoms with Crippen LogP contribution in [0.4, 0.5) is 0 Å². The SMILES string of the molecule is C=Cc1cccc(OC(C)COCc2ccccc2)c1. The van der Waals surface area contributed by atoms with Crippen LogP contribution in [-0.4, -0.2) is 12.7 Å². The fourth-order valence-corrected chi connectivity index (χ4v) is 1.90. The van der Waals surface area contributed by atoms with Crippen molar-refractivity contribution in [2.24, 2.45) is 0 Å². The van der Waals surface area contributed by atoms with Crippen molar-refractivity contribution in [2.75, 3.05) is 6.61 Å². The molecule has 0 aromatic heterocycles. The van der Waals surface area contributed by atoms with Gasteiger partial charge in [0.15, 0.2) is 0 Å². The van der Waals surface area contributed by atoms with Crippen molar-refractivity contribution in [1.29, 1.82) is 0 Å². The highest BCUT2D eigenvalue weighted by Crippen LogP contribution is 2.15. The fourth-order valence-electron chi connectivity index (χ4n) is 1.90. The Bertz CT molecular complexity index is 534. The standard InChI is InChI=1S/C18H20O2/c1-3-16-10-7-11-18(12-16)20-15(2)13-19-14-17-8-5-4-6-9-17/h3-12,15H,1,13-14H2,2H3. The summed E-state index contributed by atoms with van der Waals surface area (Å²) >= 11 is 0. The first kappa shape index (κ1) is 14.4. The molecule has 0 saturated heterocycles. The Morgan fingerprint density at radius 3 is 2.65 bits per heavy atom. The van der Waals surface area contributed by atoms with Crippen LogP contribution < -0.4 is 4.74 Å². The van der Waals surface area contributed by atoms with E-state index in [1.807, 2.05) is 55.5 Å². The fraction of sp³-hybridized carbons (Fsp3) is 0.222. The van der Waals surface area contributed by atoms with Crippen LogP contribution in [0.2, 0.25) is 0 Å². The van der Waals surface area contributed by atoms with Crippen molar-refractivity contribution in [3.05, 3.63) is 72.3 Å². The highest BCUT2D eigenvalue weighted by Gasteiger charge is 2.04. The van der Waals surface area contributed by atoms with Gasteiger partial charge in [-0.2, -0.15) is 0 Å². The quantitative estimate of drug-likeness (QED) is 0.744. The third-order valence-electron chi connectivity index (χ3n) is 2.90. The van der Waals surface area contributed by atoms with Gasteiger partial charge < -0.3 is 9.47 Å². The molecule has 0 N–H and O–H groups in total. The molecule has 20 heavy (non-hydrogen) atoms. The van der Waals surface area contributed by atoms with Gasteiger partial charge in [-0.15, -0.1) is 0 Å². The lowest BCUT2D eigenvalue weighted by molar-refractivity contribution is 0.0493. The third-order valence-corrected chi connectivity index (χ3v) is 2.90. The van der Waals surface area contributed by atoms with E-state index in [2.05, 4.69) is 18.7 Å². The zero-order valence-corrected chi connectivity index (χ0v) is 11.8. The van der Waals surface area contributed by atoms with Crippen molar-refractivity contribution in [3.63, 3.8) is 0 Å². The van der Waals surface area contributed by atoms with E-state index in [0.29, 0.717) is 13.2 Å². The molecule has 2 aromatic carbocycles. The molecule has 0 heterocycles. The minimum atomic E-state index is 0.0128. The van der Waals surface area contributed by atoms with E-state index in [9.17, 15) is 0 Å². The van der Waals surface area contributed by atoms with Gasteiger partial charge in [0.25, 0.3) is 0 Å². The lowest BCUT2D eigenvalue weighted by Crippen LogP contribution is -2.19. The summed E-state index contributed by atoms with van der Waals surface area (Å²) in [7, 11) is 0. The van der Waals surface area contributed by atoms with Crippen LogP contribution in [0.5, 0.6) is 5.75 Å². The monoisotopic (exact) mass is 268 g/mol. The molecule has 104 valence electrons. The van der Waals surface area contributed by atoms with Crippen LogP contribution in [0, 0.1) is 0 Å². The summed E-state index contributed by atoms with van der Waals surface area (Å²) in [4.78, 5) is 0. The molecular weight excluding hydrogens is 248 g/mol. The van der Waals surface area contributed by atoms with Crippen LogP contribution in [-0.2, 0) is 11.3 Å². The molecule has 1 unspecified atom stereocenters. The van der Waals surface area contributed by atoms with E-state index in [-0.39, 0.29) is 6.10 Å². The van der Waals surface area contributed by atoms with Gasteiger partial charge in [0, 0.05) is 0 Å². The summed E-state index contributed by atoms with van der Waals surface area (Å²) in [6.07, 6.45) is 1.82. The van der Waals surface area contributed by atoms with E-state index >= 15 is 0 Å². The number of ether oxygens (including phenoxy) is 2. The zero-order chi connectivity index (χ0) is 14.2. The lowest BCUT2D eigenvalue weighted by atomic mass is 10.2. The minimum Gasteiger partial charge on any atom is -0.488 e. The molecule has 0 radical (unpaired) electrons. The number of hydrogen-bond donors (Lipinski definition) is 0. The summed E-state index contributed by atoms with van der Waals surface area (Å²) < 4.78 is 11.5. The summed E-state index contributed by atoms with van der Waals surface area (Å²) in [5, 5.41) is 0. The first-order valence-electron chi connectivity index (χ1n) is 6.79. The molecule has 0 fully saturated rings. The van der Waals surface area contributed by atoms with Gasteiger partial charge in [0.1, 0.15) is 11.9 Å². The predicted molar refractivity (Wildman–Crippen MR) is 82.7 cm³/mol. The van der Waals surface area contributed by atoms with Gasteiger partial charge >= 0.3 is 0 Å². The Kier molecular flexibility index (Phi) is 5.39. The molecule has 0 aliphatic rings. The molecule has 1 atom stereocenters. The Morgan fingerprint density at radius 2 is 1.90 bits per heavy atom. The van der Waals surface area contributed by atoms with Gasteiger partial charge in [-0.25, -0.2) is 0 Å². The van der Waals surface area contributed by atoms with E-state index in [1.165, 1.54) is 5.56 Å². The van der Waals surface area contributed by atoms with E-state index in [0.717, 1.165) is 11.3 Å². The molecule has 2 aromatic rings. The van der Waals surface area contributed by atoms with Crippen LogP contribution >= 0.6 is 0 Å². The van der Waals surface area contributed by atoms with Crippen molar-refractivity contribution in [3.8, 4) is 5.75 Å². The minimum absolute atomic E-state index is 0.0128. The Labute approximate surface area is 120 Å². The molecule has 2 heteroatoms. The number of rotatable bonds is 7. The smallest absolute Gasteiger partial charge is 0.120 e. The Hall–Kier alpha value is -2.06. The zero-order valence-electron chi connectivity index (χ0n) is 11.8. The van der Waals surface area contributed by atoms with Crippen LogP contribution in [0.3, 0.4) is 0 Å².